The molecule has 0 aliphatic heterocycles. The Morgan fingerprint density at radius 1 is 0.893 bits per heavy atom. The molecule has 28 heavy (non-hydrogen) atoms. The molecule has 4 aromatic rings. The summed E-state index contributed by atoms with van der Waals surface area (Å²) < 4.78 is 11.5. The molecule has 0 radical (unpaired) electrons. The Balaban J connectivity index is 1.44. The van der Waals surface area contributed by atoms with E-state index in [-0.39, 0.29) is 0 Å². The van der Waals surface area contributed by atoms with Crippen LogP contribution in [-0.4, -0.2) is 9.97 Å². The smallest absolute Gasteiger partial charge is 0.223 e. The van der Waals surface area contributed by atoms with Gasteiger partial charge in [-0.05, 0) is 42.8 Å². The fourth-order valence-corrected chi connectivity index (χ4v) is 2.96. The third kappa shape index (κ3) is 4.27. The number of pyridine rings is 2. The Morgan fingerprint density at radius 3 is 2.57 bits per heavy atom. The SMILES string of the molecule is Cc1ccc(Oc2ncccc2CNCc2ccccc2-c2ccco2)cn1. The van der Waals surface area contributed by atoms with Gasteiger partial charge < -0.3 is 14.5 Å². The van der Waals surface area contributed by atoms with Crippen LogP contribution in [0.15, 0.2) is 83.7 Å². The highest BCUT2D eigenvalue weighted by Gasteiger charge is 2.09. The highest BCUT2D eigenvalue weighted by atomic mass is 16.5. The van der Waals surface area contributed by atoms with E-state index in [0.29, 0.717) is 24.7 Å². The minimum absolute atomic E-state index is 0.583. The van der Waals surface area contributed by atoms with Crippen molar-refractivity contribution in [1.82, 2.24) is 15.3 Å². The zero-order valence-electron chi connectivity index (χ0n) is 15.6. The van der Waals surface area contributed by atoms with Gasteiger partial charge in [0.05, 0.1) is 12.5 Å². The molecule has 0 amide bonds. The van der Waals surface area contributed by atoms with E-state index in [1.54, 1.807) is 18.7 Å². The lowest BCUT2D eigenvalue weighted by atomic mass is 10.1. The molecular formula is C23H21N3O2. The largest absolute Gasteiger partial charge is 0.464 e. The van der Waals surface area contributed by atoms with E-state index in [1.807, 2.05) is 55.5 Å². The summed E-state index contributed by atoms with van der Waals surface area (Å²) in [6.45, 7) is 3.28. The van der Waals surface area contributed by atoms with E-state index in [9.17, 15) is 0 Å². The number of hydrogen-bond donors (Lipinski definition) is 1. The summed E-state index contributed by atoms with van der Waals surface area (Å²) in [5.41, 5.74) is 4.20. The first-order valence-electron chi connectivity index (χ1n) is 9.16. The van der Waals surface area contributed by atoms with Gasteiger partial charge in [0.25, 0.3) is 0 Å². The van der Waals surface area contributed by atoms with Crippen molar-refractivity contribution in [2.75, 3.05) is 0 Å². The van der Waals surface area contributed by atoms with E-state index in [0.717, 1.165) is 22.6 Å². The average Bonchev–Trinajstić information content (AvgIpc) is 3.26. The van der Waals surface area contributed by atoms with Crippen LogP contribution in [0.4, 0.5) is 0 Å². The number of rotatable bonds is 7. The van der Waals surface area contributed by atoms with Crippen molar-refractivity contribution in [1.29, 1.82) is 0 Å². The number of furan rings is 1. The van der Waals surface area contributed by atoms with Crippen molar-refractivity contribution in [3.63, 3.8) is 0 Å². The lowest BCUT2D eigenvalue weighted by molar-refractivity contribution is 0.450. The summed E-state index contributed by atoms with van der Waals surface area (Å²) in [5.74, 6) is 2.13. The molecule has 1 aromatic carbocycles. The van der Waals surface area contributed by atoms with Crippen LogP contribution in [0.5, 0.6) is 11.6 Å². The quantitative estimate of drug-likeness (QED) is 0.488. The van der Waals surface area contributed by atoms with E-state index < -0.39 is 0 Å². The van der Waals surface area contributed by atoms with Crippen LogP contribution in [-0.2, 0) is 13.1 Å². The predicted octanol–water partition coefficient (Wildman–Crippen LogP) is 5.13. The zero-order chi connectivity index (χ0) is 19.2. The topological polar surface area (TPSA) is 60.2 Å². The minimum Gasteiger partial charge on any atom is -0.464 e. The maximum Gasteiger partial charge on any atom is 0.223 e. The van der Waals surface area contributed by atoms with Crippen molar-refractivity contribution >= 4 is 0 Å². The molecular weight excluding hydrogens is 350 g/mol. The molecule has 140 valence electrons. The van der Waals surface area contributed by atoms with Gasteiger partial charge >= 0.3 is 0 Å². The number of benzene rings is 1. The van der Waals surface area contributed by atoms with E-state index >= 15 is 0 Å². The summed E-state index contributed by atoms with van der Waals surface area (Å²) in [7, 11) is 0. The molecule has 1 N–H and O–H groups in total. The van der Waals surface area contributed by atoms with Gasteiger partial charge in [-0.25, -0.2) is 4.98 Å². The average molecular weight is 371 g/mol. The van der Waals surface area contributed by atoms with Gasteiger partial charge in [-0.2, -0.15) is 0 Å². The molecule has 0 fully saturated rings. The Bertz CT molecular complexity index is 1030. The number of nitrogens with zero attached hydrogens (tertiary/aromatic N) is 2. The van der Waals surface area contributed by atoms with Gasteiger partial charge in [0.2, 0.25) is 5.88 Å². The van der Waals surface area contributed by atoms with Crippen LogP contribution < -0.4 is 10.1 Å². The van der Waals surface area contributed by atoms with Crippen LogP contribution in [0, 0.1) is 6.92 Å². The molecule has 0 atom stereocenters. The summed E-state index contributed by atoms with van der Waals surface area (Å²) in [5, 5.41) is 3.48. The summed E-state index contributed by atoms with van der Waals surface area (Å²) in [6, 6.07) is 19.8. The highest BCUT2D eigenvalue weighted by molar-refractivity contribution is 5.61. The van der Waals surface area contributed by atoms with E-state index in [2.05, 4.69) is 27.4 Å². The number of hydrogen-bond acceptors (Lipinski definition) is 5. The van der Waals surface area contributed by atoms with Gasteiger partial charge in [-0.15, -0.1) is 0 Å². The molecule has 0 aliphatic carbocycles. The minimum atomic E-state index is 0.583. The lowest BCUT2D eigenvalue weighted by Crippen LogP contribution is -2.14. The normalized spacial score (nSPS) is 10.8. The van der Waals surface area contributed by atoms with Crippen molar-refractivity contribution < 1.29 is 9.15 Å². The van der Waals surface area contributed by atoms with E-state index in [4.69, 9.17) is 9.15 Å². The molecule has 3 heterocycles. The lowest BCUT2D eigenvalue weighted by Gasteiger charge is -2.12. The van der Waals surface area contributed by atoms with Gasteiger partial charge in [0.15, 0.2) is 0 Å². The van der Waals surface area contributed by atoms with Gasteiger partial charge in [-0.1, -0.05) is 30.3 Å². The summed E-state index contributed by atoms with van der Waals surface area (Å²) >= 11 is 0. The second-order valence-corrected chi connectivity index (χ2v) is 6.44. The molecule has 5 heteroatoms. The maximum absolute atomic E-state index is 5.92. The zero-order valence-corrected chi connectivity index (χ0v) is 15.6. The van der Waals surface area contributed by atoms with Gasteiger partial charge in [0.1, 0.15) is 11.5 Å². The van der Waals surface area contributed by atoms with Crippen LogP contribution in [0.1, 0.15) is 16.8 Å². The Labute approximate surface area is 164 Å². The van der Waals surface area contributed by atoms with Crippen LogP contribution >= 0.6 is 0 Å². The second-order valence-electron chi connectivity index (χ2n) is 6.44. The Morgan fingerprint density at radius 2 is 1.75 bits per heavy atom. The summed E-state index contributed by atoms with van der Waals surface area (Å²) in [4.78, 5) is 8.64. The van der Waals surface area contributed by atoms with Crippen molar-refractivity contribution in [3.8, 4) is 23.0 Å². The first-order valence-corrected chi connectivity index (χ1v) is 9.16. The maximum atomic E-state index is 5.92. The second kappa shape index (κ2) is 8.50. The molecule has 0 unspecified atom stereocenters. The fraction of sp³-hybridized carbons (Fsp3) is 0.130. The first kappa shape index (κ1) is 17.9. The molecule has 5 nitrogen and oxygen atoms in total. The molecule has 4 rings (SSSR count). The monoisotopic (exact) mass is 371 g/mol. The van der Waals surface area contributed by atoms with Crippen LogP contribution in [0.2, 0.25) is 0 Å². The first-order chi connectivity index (χ1) is 13.8. The van der Waals surface area contributed by atoms with Crippen molar-refractivity contribution in [2.24, 2.45) is 0 Å². The highest BCUT2D eigenvalue weighted by Crippen LogP contribution is 2.25. The predicted molar refractivity (Wildman–Crippen MR) is 108 cm³/mol. The number of aryl methyl sites for hydroxylation is 1. The molecule has 0 spiro atoms. The van der Waals surface area contributed by atoms with Crippen LogP contribution in [0.3, 0.4) is 0 Å². The van der Waals surface area contributed by atoms with Crippen molar-refractivity contribution in [3.05, 3.63) is 96.1 Å². The Kier molecular flexibility index (Phi) is 5.45. The van der Waals surface area contributed by atoms with Gasteiger partial charge in [0, 0.05) is 36.1 Å². The third-order valence-electron chi connectivity index (χ3n) is 4.38. The van der Waals surface area contributed by atoms with Gasteiger partial charge in [-0.3, -0.25) is 4.98 Å². The van der Waals surface area contributed by atoms with Crippen LogP contribution in [0.25, 0.3) is 11.3 Å². The van der Waals surface area contributed by atoms with E-state index in [1.165, 1.54) is 5.56 Å². The number of ether oxygens (including phenoxy) is 1. The molecule has 0 saturated heterocycles. The summed E-state index contributed by atoms with van der Waals surface area (Å²) in [6.07, 6.45) is 5.13. The number of nitrogens with one attached hydrogen (secondary N) is 1. The van der Waals surface area contributed by atoms with Crippen molar-refractivity contribution in [2.45, 2.75) is 20.0 Å². The molecule has 0 bridgehead atoms. The molecule has 0 aliphatic rings. The Hall–Kier alpha value is -3.44. The number of aromatic nitrogens is 2. The fourth-order valence-electron chi connectivity index (χ4n) is 2.96. The molecule has 0 saturated carbocycles. The molecule has 3 aromatic heterocycles. The third-order valence-corrected chi connectivity index (χ3v) is 4.38. The standard InChI is InChI=1S/C23H21N3O2/c1-17-10-11-20(16-26-17)28-23-19(7-4-12-25-23)15-24-14-18-6-2-3-8-21(18)22-9-5-13-27-22/h2-13,16,24H,14-15H2,1H3.